The van der Waals surface area contributed by atoms with Gasteiger partial charge < -0.3 is 5.73 Å². The van der Waals surface area contributed by atoms with Crippen LogP contribution in [0.2, 0.25) is 0 Å². The third-order valence-corrected chi connectivity index (χ3v) is 6.93. The van der Waals surface area contributed by atoms with Crippen molar-refractivity contribution in [1.29, 1.82) is 0 Å². The molecule has 0 saturated carbocycles. The van der Waals surface area contributed by atoms with Crippen molar-refractivity contribution >= 4 is 28.3 Å². The van der Waals surface area contributed by atoms with Crippen molar-refractivity contribution in [2.75, 3.05) is 13.1 Å². The van der Waals surface area contributed by atoms with E-state index < -0.39 is 12.2 Å². The van der Waals surface area contributed by atoms with Gasteiger partial charge in [0.05, 0.1) is 5.52 Å². The molecular formula is C24H25F3N6S. The van der Waals surface area contributed by atoms with Crippen molar-refractivity contribution in [2.45, 2.75) is 48.7 Å². The lowest BCUT2D eigenvalue weighted by molar-refractivity contribution is -0.183. The molecule has 10 heteroatoms. The molecule has 1 aliphatic rings. The number of fused-ring (bicyclic) bond motifs is 2. The zero-order valence-electron chi connectivity index (χ0n) is 18.8. The minimum atomic E-state index is -4.43. The van der Waals surface area contributed by atoms with Gasteiger partial charge in [0.25, 0.3) is 0 Å². The number of nitrogens with two attached hydrogens (primary N) is 1. The third kappa shape index (κ3) is 4.49. The molecule has 1 aliphatic heterocycles. The van der Waals surface area contributed by atoms with Crippen LogP contribution in [0.4, 0.5) is 13.2 Å². The number of alkyl halides is 3. The van der Waals surface area contributed by atoms with E-state index in [1.165, 1.54) is 17.2 Å². The first-order valence-electron chi connectivity index (χ1n) is 11.2. The number of benzene rings is 1. The maximum Gasteiger partial charge on any atom is 0.408 e. The average Bonchev–Trinajstić information content (AvgIpc) is 3.38. The monoisotopic (exact) mass is 486 g/mol. The number of hydrogen-bond donors (Lipinski definition) is 1. The summed E-state index contributed by atoms with van der Waals surface area (Å²) >= 11 is 1.75. The molecular weight excluding hydrogens is 461 g/mol. The molecule has 0 aliphatic carbocycles. The Kier molecular flexibility index (Phi) is 5.99. The topological polar surface area (TPSA) is 72.3 Å². The zero-order valence-corrected chi connectivity index (χ0v) is 19.6. The molecule has 0 radical (unpaired) electrons. The molecule has 2 N–H and O–H groups in total. The fraction of sp³-hybridized carbons (Fsp3) is 0.375. The van der Waals surface area contributed by atoms with Crippen LogP contribution in [0.5, 0.6) is 0 Å². The van der Waals surface area contributed by atoms with Crippen LogP contribution in [0, 0.1) is 0 Å². The molecule has 6 nitrogen and oxygen atoms in total. The van der Waals surface area contributed by atoms with Crippen LogP contribution < -0.4 is 5.73 Å². The lowest BCUT2D eigenvalue weighted by Gasteiger charge is -2.30. The Balaban J connectivity index is 1.57. The Labute approximate surface area is 199 Å². The van der Waals surface area contributed by atoms with Gasteiger partial charge in [-0.2, -0.15) is 13.2 Å². The Bertz CT molecular complexity index is 1340. The molecule has 0 unspecified atom stereocenters. The minimum Gasteiger partial charge on any atom is -0.326 e. The molecule has 0 spiro atoms. The quantitative estimate of drug-likeness (QED) is 0.397. The second-order valence-corrected chi connectivity index (χ2v) is 10.6. The first-order chi connectivity index (χ1) is 16.2. The van der Waals surface area contributed by atoms with E-state index in [0.717, 1.165) is 15.8 Å². The summed E-state index contributed by atoms with van der Waals surface area (Å²) in [4.78, 5) is 7.27. The molecule has 1 fully saturated rings. The highest BCUT2D eigenvalue weighted by Crippen LogP contribution is 2.39. The minimum absolute atomic E-state index is 0.131. The molecule has 2 atom stereocenters. The molecule has 1 saturated heterocycles. The first kappa shape index (κ1) is 23.1. The van der Waals surface area contributed by atoms with Crippen molar-refractivity contribution in [3.05, 3.63) is 54.2 Å². The summed E-state index contributed by atoms with van der Waals surface area (Å²) in [5.41, 5.74) is 7.84. The lowest BCUT2D eigenvalue weighted by atomic mass is 10.1. The highest BCUT2D eigenvalue weighted by Gasteiger charge is 2.46. The summed E-state index contributed by atoms with van der Waals surface area (Å²) in [6, 6.07) is 10.9. The van der Waals surface area contributed by atoms with E-state index in [4.69, 9.17) is 10.7 Å². The SMILES string of the molecule is CC(C)Sc1ccc2ccc(-c3nnc4ccc([C@@H](N5CC[C@H](N)C5)C(F)(F)F)cn34)nc2c1. The number of thioether (sulfide) groups is 1. The van der Waals surface area contributed by atoms with Crippen LogP contribution in [0.15, 0.2) is 53.6 Å². The van der Waals surface area contributed by atoms with Gasteiger partial charge in [-0.05, 0) is 36.2 Å². The Morgan fingerprint density at radius 3 is 2.59 bits per heavy atom. The van der Waals surface area contributed by atoms with Crippen molar-refractivity contribution in [1.82, 2.24) is 24.5 Å². The molecule has 4 heterocycles. The van der Waals surface area contributed by atoms with E-state index in [2.05, 4.69) is 30.1 Å². The Hall–Kier alpha value is -2.69. The van der Waals surface area contributed by atoms with Crippen molar-refractivity contribution in [3.8, 4) is 11.5 Å². The number of aromatic nitrogens is 4. The maximum absolute atomic E-state index is 14.1. The second-order valence-electron chi connectivity index (χ2n) is 8.92. The van der Waals surface area contributed by atoms with Crippen LogP contribution >= 0.6 is 11.8 Å². The smallest absolute Gasteiger partial charge is 0.326 e. The van der Waals surface area contributed by atoms with Gasteiger partial charge in [0.2, 0.25) is 0 Å². The highest BCUT2D eigenvalue weighted by molar-refractivity contribution is 7.99. The van der Waals surface area contributed by atoms with E-state index in [1.807, 2.05) is 24.3 Å². The number of nitrogens with zero attached hydrogens (tertiary/aromatic N) is 5. The van der Waals surface area contributed by atoms with Gasteiger partial charge in [0.15, 0.2) is 11.5 Å². The molecule has 178 valence electrons. The van der Waals surface area contributed by atoms with Gasteiger partial charge in [-0.1, -0.05) is 32.0 Å². The summed E-state index contributed by atoms with van der Waals surface area (Å²) in [6.45, 7) is 4.77. The van der Waals surface area contributed by atoms with Gasteiger partial charge >= 0.3 is 6.18 Å². The van der Waals surface area contributed by atoms with Gasteiger partial charge in [-0.3, -0.25) is 9.30 Å². The van der Waals surface area contributed by atoms with Gasteiger partial charge in [-0.15, -0.1) is 22.0 Å². The summed E-state index contributed by atoms with van der Waals surface area (Å²) in [7, 11) is 0. The molecule has 34 heavy (non-hydrogen) atoms. The summed E-state index contributed by atoms with van der Waals surface area (Å²) in [5, 5.41) is 9.82. The predicted octanol–water partition coefficient (Wildman–Crippen LogP) is 5.08. The largest absolute Gasteiger partial charge is 0.408 e. The molecule has 1 aromatic carbocycles. The second kappa shape index (κ2) is 8.83. The molecule has 5 rings (SSSR count). The summed E-state index contributed by atoms with van der Waals surface area (Å²) < 4.78 is 43.9. The normalized spacial score (nSPS) is 18.4. The molecule has 3 aromatic heterocycles. The highest BCUT2D eigenvalue weighted by atomic mass is 32.2. The summed E-state index contributed by atoms with van der Waals surface area (Å²) in [5.74, 6) is 0.403. The van der Waals surface area contributed by atoms with Crippen LogP contribution in [-0.2, 0) is 0 Å². The average molecular weight is 487 g/mol. The van der Waals surface area contributed by atoms with Crippen LogP contribution in [0.3, 0.4) is 0 Å². The van der Waals surface area contributed by atoms with Crippen molar-refractivity contribution < 1.29 is 13.2 Å². The standard InChI is InChI=1S/C24H25F3N6S/c1-14(2)34-18-6-3-15-4-7-19(29-20(15)11-18)23-31-30-21-8-5-16(12-33(21)23)22(24(25,26)27)32-10-9-17(28)13-32/h3-8,11-12,14,17,22H,9-10,13,28H2,1-2H3/t17-,22+/m0/s1. The van der Waals surface area contributed by atoms with Crippen LogP contribution in [0.25, 0.3) is 28.1 Å². The van der Waals surface area contributed by atoms with Gasteiger partial charge in [0, 0.05) is 40.9 Å². The van der Waals surface area contributed by atoms with Gasteiger partial charge in [-0.25, -0.2) is 4.98 Å². The fourth-order valence-corrected chi connectivity index (χ4v) is 5.34. The molecule has 0 amide bonds. The maximum atomic E-state index is 14.1. The Morgan fingerprint density at radius 1 is 1.09 bits per heavy atom. The lowest BCUT2D eigenvalue weighted by Crippen LogP contribution is -2.38. The number of likely N-dealkylation sites (tertiary alicyclic amines) is 1. The molecule has 4 aromatic rings. The summed E-state index contributed by atoms with van der Waals surface area (Å²) in [6.07, 6.45) is -2.41. The van der Waals surface area contributed by atoms with Gasteiger partial charge in [0.1, 0.15) is 11.7 Å². The molecule has 0 bridgehead atoms. The fourth-order valence-electron chi connectivity index (χ4n) is 4.47. The van der Waals surface area contributed by atoms with Crippen LogP contribution in [-0.4, -0.2) is 55.0 Å². The third-order valence-electron chi connectivity index (χ3n) is 5.94. The predicted molar refractivity (Wildman–Crippen MR) is 128 cm³/mol. The number of hydrogen-bond acceptors (Lipinski definition) is 6. The van der Waals surface area contributed by atoms with E-state index in [9.17, 15) is 13.2 Å². The van der Waals surface area contributed by atoms with E-state index in [1.54, 1.807) is 22.2 Å². The van der Waals surface area contributed by atoms with Crippen LogP contribution in [0.1, 0.15) is 31.9 Å². The van der Waals surface area contributed by atoms with E-state index >= 15 is 0 Å². The number of pyridine rings is 2. The first-order valence-corrected chi connectivity index (χ1v) is 12.1. The van der Waals surface area contributed by atoms with Crippen molar-refractivity contribution in [2.24, 2.45) is 5.73 Å². The zero-order chi connectivity index (χ0) is 24.0. The number of rotatable bonds is 5. The Morgan fingerprint density at radius 2 is 1.88 bits per heavy atom. The van der Waals surface area contributed by atoms with Crippen molar-refractivity contribution in [3.63, 3.8) is 0 Å². The van der Waals surface area contributed by atoms with E-state index in [-0.39, 0.29) is 18.2 Å². The number of halogens is 3. The van der Waals surface area contributed by atoms with E-state index in [0.29, 0.717) is 35.4 Å².